The van der Waals surface area contributed by atoms with Crippen molar-refractivity contribution in [3.05, 3.63) is 84.6 Å². The lowest BCUT2D eigenvalue weighted by molar-refractivity contribution is 0.0870. The highest BCUT2D eigenvalue weighted by atomic mass is 32.2. The molecule has 2 aromatic carbocycles. The average molecular weight is 525 g/mol. The van der Waals surface area contributed by atoms with Crippen molar-refractivity contribution in [3.63, 3.8) is 0 Å². The second kappa shape index (κ2) is 12.6. The third-order valence-corrected chi connectivity index (χ3v) is 8.04. The maximum Gasteiger partial charge on any atom is 0.469 e. The van der Waals surface area contributed by atoms with E-state index in [0.29, 0.717) is 24.0 Å². The number of sulfonamides is 1. The maximum atomic E-state index is 13.3. The Bertz CT molecular complexity index is 1210. The largest absolute Gasteiger partial charge is 0.469 e. The van der Waals surface area contributed by atoms with Crippen molar-refractivity contribution in [2.24, 2.45) is 5.92 Å². The van der Waals surface area contributed by atoms with E-state index in [1.807, 2.05) is 30.3 Å². The van der Waals surface area contributed by atoms with Crippen LogP contribution in [-0.4, -0.2) is 53.9 Å². The van der Waals surface area contributed by atoms with E-state index in [-0.39, 0.29) is 11.3 Å². The summed E-state index contributed by atoms with van der Waals surface area (Å²) in [5.41, 5.74) is 0.815. The standard InChI is InChI=1S/C26H32BN3O6S/c31-26(29-24(27(32)33)18-20-9-6-10-20)23(17-19-7-2-1-3-8-19)30-37(34,35)22-14-12-21(13-15-22)36-25-11-4-5-16-28-25/h1-5,7-8,11-16,20,23-24,26,29-33H,6,9-10,17-18H2. The van der Waals surface area contributed by atoms with Gasteiger partial charge in [-0.05, 0) is 54.7 Å². The third kappa shape index (κ3) is 7.84. The molecule has 3 unspecified atom stereocenters. The molecule has 0 bridgehead atoms. The highest BCUT2D eigenvalue weighted by Crippen LogP contribution is 2.31. The molecule has 37 heavy (non-hydrogen) atoms. The van der Waals surface area contributed by atoms with Gasteiger partial charge in [-0.25, -0.2) is 18.1 Å². The predicted molar refractivity (Wildman–Crippen MR) is 140 cm³/mol. The fourth-order valence-electron chi connectivity index (χ4n) is 4.27. The Morgan fingerprint density at radius 3 is 2.30 bits per heavy atom. The molecular formula is C26H32BN3O6S. The zero-order chi connectivity index (χ0) is 26.3. The van der Waals surface area contributed by atoms with E-state index in [9.17, 15) is 23.6 Å². The Morgan fingerprint density at radius 2 is 1.70 bits per heavy atom. The summed E-state index contributed by atoms with van der Waals surface area (Å²) < 4.78 is 34.7. The van der Waals surface area contributed by atoms with E-state index in [0.717, 1.165) is 24.8 Å². The number of pyridine rings is 1. The molecule has 1 heterocycles. The molecule has 0 amide bonds. The van der Waals surface area contributed by atoms with Gasteiger partial charge in [-0.3, -0.25) is 5.32 Å². The zero-order valence-electron chi connectivity index (χ0n) is 20.3. The summed E-state index contributed by atoms with van der Waals surface area (Å²) in [6, 6.07) is 19.3. The van der Waals surface area contributed by atoms with Gasteiger partial charge in [0.15, 0.2) is 0 Å². The first-order valence-corrected chi connectivity index (χ1v) is 13.8. The van der Waals surface area contributed by atoms with Crippen LogP contribution in [0, 0.1) is 5.92 Å². The first-order valence-electron chi connectivity index (χ1n) is 12.4. The Hall–Kier alpha value is -2.80. The fraction of sp³-hybridized carbons (Fsp3) is 0.346. The van der Waals surface area contributed by atoms with E-state index in [2.05, 4.69) is 15.0 Å². The van der Waals surface area contributed by atoms with Gasteiger partial charge in [-0.1, -0.05) is 55.7 Å². The van der Waals surface area contributed by atoms with E-state index < -0.39 is 35.4 Å². The van der Waals surface area contributed by atoms with Gasteiger partial charge < -0.3 is 19.9 Å². The highest BCUT2D eigenvalue weighted by Gasteiger charge is 2.34. The van der Waals surface area contributed by atoms with Crippen LogP contribution in [0.25, 0.3) is 0 Å². The van der Waals surface area contributed by atoms with Crippen molar-refractivity contribution in [1.82, 2.24) is 15.0 Å². The van der Waals surface area contributed by atoms with Crippen LogP contribution < -0.4 is 14.8 Å². The molecule has 1 aliphatic carbocycles. The van der Waals surface area contributed by atoms with E-state index in [1.165, 1.54) is 24.3 Å². The SMILES string of the molecule is O=S(=O)(NC(Cc1ccccc1)C(O)NC(CC1CCC1)B(O)O)c1ccc(Oc2ccccn2)cc1. The molecule has 1 fully saturated rings. The molecule has 3 aromatic rings. The molecule has 11 heteroatoms. The molecule has 1 saturated carbocycles. The van der Waals surface area contributed by atoms with E-state index in [1.54, 1.807) is 24.4 Å². The number of aromatic nitrogens is 1. The molecule has 0 spiro atoms. The number of nitrogens with one attached hydrogen (secondary N) is 2. The molecule has 196 valence electrons. The van der Waals surface area contributed by atoms with Crippen LogP contribution in [-0.2, 0) is 16.4 Å². The number of hydrogen-bond donors (Lipinski definition) is 5. The molecule has 5 N–H and O–H groups in total. The van der Waals surface area contributed by atoms with Crippen molar-refractivity contribution in [2.75, 3.05) is 0 Å². The minimum absolute atomic E-state index is 0.000608. The van der Waals surface area contributed by atoms with Gasteiger partial charge in [-0.2, -0.15) is 0 Å². The summed E-state index contributed by atoms with van der Waals surface area (Å²) in [6.45, 7) is 0. The monoisotopic (exact) mass is 525 g/mol. The minimum Gasteiger partial charge on any atom is -0.439 e. The van der Waals surface area contributed by atoms with Gasteiger partial charge in [-0.15, -0.1) is 0 Å². The number of aliphatic hydroxyl groups excluding tert-OH is 1. The van der Waals surface area contributed by atoms with Gasteiger partial charge in [0.2, 0.25) is 15.9 Å². The van der Waals surface area contributed by atoms with Crippen LogP contribution in [0.2, 0.25) is 0 Å². The van der Waals surface area contributed by atoms with Crippen molar-refractivity contribution >= 4 is 17.1 Å². The van der Waals surface area contributed by atoms with Crippen molar-refractivity contribution in [1.29, 1.82) is 0 Å². The van der Waals surface area contributed by atoms with E-state index >= 15 is 0 Å². The second-order valence-electron chi connectivity index (χ2n) is 9.32. The number of aliphatic hydroxyl groups is 1. The van der Waals surface area contributed by atoms with Gasteiger partial charge in [0.25, 0.3) is 0 Å². The summed E-state index contributed by atoms with van der Waals surface area (Å²) in [6.07, 6.45) is 4.00. The molecule has 1 aromatic heterocycles. The molecule has 0 radical (unpaired) electrons. The number of rotatable bonds is 13. The summed E-state index contributed by atoms with van der Waals surface area (Å²) in [5.74, 6) is 0.375. The lowest BCUT2D eigenvalue weighted by atomic mass is 9.69. The van der Waals surface area contributed by atoms with Crippen LogP contribution in [0.3, 0.4) is 0 Å². The first kappa shape index (κ1) is 27.2. The van der Waals surface area contributed by atoms with Gasteiger partial charge in [0, 0.05) is 18.2 Å². The Balaban J connectivity index is 1.49. The van der Waals surface area contributed by atoms with E-state index in [4.69, 9.17) is 4.74 Å². The first-order chi connectivity index (χ1) is 17.8. The summed E-state index contributed by atoms with van der Waals surface area (Å²) in [7, 11) is -5.72. The molecule has 0 saturated heterocycles. The molecule has 4 rings (SSSR count). The van der Waals surface area contributed by atoms with Gasteiger partial charge in [0.05, 0.1) is 10.9 Å². The lowest BCUT2D eigenvalue weighted by Gasteiger charge is -2.33. The quantitative estimate of drug-likeness (QED) is 0.169. The number of nitrogens with zero attached hydrogens (tertiary/aromatic N) is 1. The molecule has 1 aliphatic rings. The average Bonchev–Trinajstić information content (AvgIpc) is 2.86. The zero-order valence-corrected chi connectivity index (χ0v) is 21.2. The third-order valence-electron chi connectivity index (χ3n) is 6.54. The summed E-state index contributed by atoms with van der Waals surface area (Å²) in [5, 5.41) is 33.6. The smallest absolute Gasteiger partial charge is 0.439 e. The molecule has 3 atom stereocenters. The predicted octanol–water partition coefficient (Wildman–Crippen LogP) is 2.24. The van der Waals surface area contributed by atoms with Gasteiger partial charge >= 0.3 is 7.12 Å². The fourth-order valence-corrected chi connectivity index (χ4v) is 5.51. The number of ether oxygens (including phenoxy) is 1. The summed E-state index contributed by atoms with van der Waals surface area (Å²) >= 11 is 0. The van der Waals surface area contributed by atoms with Crippen LogP contribution >= 0.6 is 0 Å². The highest BCUT2D eigenvalue weighted by molar-refractivity contribution is 7.89. The number of hydrogen-bond acceptors (Lipinski definition) is 8. The van der Waals surface area contributed by atoms with Crippen LogP contribution in [0.5, 0.6) is 11.6 Å². The van der Waals surface area contributed by atoms with Crippen molar-refractivity contribution < 1.29 is 28.3 Å². The van der Waals surface area contributed by atoms with Crippen LogP contribution in [0.1, 0.15) is 31.2 Å². The minimum atomic E-state index is -4.03. The number of benzene rings is 2. The maximum absolute atomic E-state index is 13.3. The van der Waals surface area contributed by atoms with Crippen molar-refractivity contribution in [2.45, 2.75) is 55.2 Å². The normalized spacial score (nSPS) is 16.4. The van der Waals surface area contributed by atoms with Crippen LogP contribution in [0.4, 0.5) is 0 Å². The van der Waals surface area contributed by atoms with Crippen molar-refractivity contribution in [3.8, 4) is 11.6 Å². The summed E-state index contributed by atoms with van der Waals surface area (Å²) in [4.78, 5) is 4.08. The Kier molecular flexibility index (Phi) is 9.30. The lowest BCUT2D eigenvalue weighted by Crippen LogP contribution is -2.57. The topological polar surface area (TPSA) is 141 Å². The Labute approximate surface area is 217 Å². The molecule has 9 nitrogen and oxygen atoms in total. The van der Waals surface area contributed by atoms with Crippen LogP contribution in [0.15, 0.2) is 83.9 Å². The van der Waals surface area contributed by atoms with Gasteiger partial charge in [0.1, 0.15) is 12.0 Å². The molecule has 0 aliphatic heterocycles. The Morgan fingerprint density at radius 1 is 1.00 bits per heavy atom. The molecular weight excluding hydrogens is 493 g/mol. The second-order valence-corrected chi connectivity index (χ2v) is 11.0.